The van der Waals surface area contributed by atoms with E-state index in [9.17, 15) is 9.59 Å². The van der Waals surface area contributed by atoms with Crippen molar-refractivity contribution in [2.75, 3.05) is 25.0 Å². The zero-order chi connectivity index (χ0) is 22.3. The van der Waals surface area contributed by atoms with Gasteiger partial charge in [-0.3, -0.25) is 9.59 Å². The van der Waals surface area contributed by atoms with Crippen molar-refractivity contribution in [2.45, 2.75) is 19.3 Å². The maximum atomic E-state index is 12.9. The highest BCUT2D eigenvalue weighted by Crippen LogP contribution is 2.27. The lowest BCUT2D eigenvalue weighted by atomic mass is 10.1. The Balaban J connectivity index is 1.41. The Kier molecular flexibility index (Phi) is 7.22. The number of likely N-dealkylation sites (tertiary alicyclic amines) is 1. The number of rotatable bonds is 7. The van der Waals surface area contributed by atoms with Gasteiger partial charge in [-0.15, -0.1) is 0 Å². The highest BCUT2D eigenvalue weighted by atomic mass is 79.9. The molecule has 1 aliphatic rings. The molecule has 0 unspecified atom stereocenters. The van der Waals surface area contributed by atoms with E-state index in [1.807, 2.05) is 35.2 Å². The number of ether oxygens (including phenoxy) is 1. The average molecular weight is 493 g/mol. The number of anilines is 1. The Morgan fingerprint density at radius 2 is 1.66 bits per heavy atom. The number of carbonyl (C=O) groups is 2. The second kappa shape index (κ2) is 10.5. The minimum atomic E-state index is -0.275. The maximum Gasteiger partial charge on any atom is 0.255 e. The third-order valence-electron chi connectivity index (χ3n) is 5.48. The van der Waals surface area contributed by atoms with Crippen LogP contribution in [0, 0.1) is 0 Å². The standard InChI is InChI=1S/C26H25BrN2O3/c27-22-18-20(12-13-24(22)32-17-14-19-8-2-1-3-9-19)25(30)28-23-11-5-4-10-21(23)26(31)29-15-6-7-16-29/h1-5,8-13,18H,6-7,14-17H2,(H,28,30). The second-order valence-electron chi connectivity index (χ2n) is 7.73. The van der Waals surface area contributed by atoms with E-state index in [1.54, 1.807) is 30.3 Å². The normalized spacial score (nSPS) is 13.1. The Morgan fingerprint density at radius 3 is 2.41 bits per heavy atom. The summed E-state index contributed by atoms with van der Waals surface area (Å²) in [5.74, 6) is 0.368. The van der Waals surface area contributed by atoms with E-state index in [1.165, 1.54) is 5.56 Å². The molecule has 1 saturated heterocycles. The minimum Gasteiger partial charge on any atom is -0.492 e. The summed E-state index contributed by atoms with van der Waals surface area (Å²) in [5, 5.41) is 2.89. The lowest BCUT2D eigenvalue weighted by molar-refractivity contribution is 0.0794. The van der Waals surface area contributed by atoms with Crippen LogP contribution in [0.2, 0.25) is 0 Å². The van der Waals surface area contributed by atoms with Crippen LogP contribution in [0.15, 0.2) is 77.3 Å². The second-order valence-corrected chi connectivity index (χ2v) is 8.58. The van der Waals surface area contributed by atoms with Crippen LogP contribution in [0.1, 0.15) is 39.1 Å². The highest BCUT2D eigenvalue weighted by molar-refractivity contribution is 9.10. The van der Waals surface area contributed by atoms with Gasteiger partial charge in [0.25, 0.3) is 11.8 Å². The molecule has 6 heteroatoms. The van der Waals surface area contributed by atoms with Crippen LogP contribution >= 0.6 is 15.9 Å². The molecule has 1 aliphatic heterocycles. The first-order chi connectivity index (χ1) is 15.6. The van der Waals surface area contributed by atoms with Gasteiger partial charge in [-0.2, -0.15) is 0 Å². The number of benzene rings is 3. The summed E-state index contributed by atoms with van der Waals surface area (Å²) in [6.07, 6.45) is 2.85. The molecule has 0 radical (unpaired) electrons. The van der Waals surface area contributed by atoms with E-state index in [0.29, 0.717) is 33.6 Å². The van der Waals surface area contributed by atoms with Crippen LogP contribution in [-0.4, -0.2) is 36.4 Å². The van der Waals surface area contributed by atoms with Gasteiger partial charge in [0.1, 0.15) is 5.75 Å². The molecule has 2 amide bonds. The highest BCUT2D eigenvalue weighted by Gasteiger charge is 2.22. The van der Waals surface area contributed by atoms with Gasteiger partial charge < -0.3 is 15.0 Å². The zero-order valence-electron chi connectivity index (χ0n) is 17.7. The largest absolute Gasteiger partial charge is 0.492 e. The summed E-state index contributed by atoms with van der Waals surface area (Å²) in [7, 11) is 0. The smallest absolute Gasteiger partial charge is 0.255 e. The first kappa shape index (κ1) is 22.1. The minimum absolute atomic E-state index is 0.0401. The van der Waals surface area contributed by atoms with E-state index >= 15 is 0 Å². The summed E-state index contributed by atoms with van der Waals surface area (Å²) in [6, 6.07) is 22.5. The average Bonchev–Trinajstić information content (AvgIpc) is 3.36. The van der Waals surface area contributed by atoms with Crippen molar-refractivity contribution in [3.8, 4) is 5.75 Å². The molecule has 0 aliphatic carbocycles. The third kappa shape index (κ3) is 5.37. The monoisotopic (exact) mass is 492 g/mol. The zero-order valence-corrected chi connectivity index (χ0v) is 19.3. The lowest BCUT2D eigenvalue weighted by Crippen LogP contribution is -2.28. The van der Waals surface area contributed by atoms with Crippen molar-refractivity contribution in [2.24, 2.45) is 0 Å². The van der Waals surface area contributed by atoms with E-state index < -0.39 is 0 Å². The number of carbonyl (C=O) groups excluding carboxylic acids is 2. The molecule has 0 aromatic heterocycles. The molecule has 1 fully saturated rings. The molecule has 1 heterocycles. The summed E-state index contributed by atoms with van der Waals surface area (Å²) in [4.78, 5) is 27.5. The number of nitrogens with zero attached hydrogens (tertiary/aromatic N) is 1. The lowest BCUT2D eigenvalue weighted by Gasteiger charge is -2.18. The van der Waals surface area contributed by atoms with Crippen LogP contribution in [-0.2, 0) is 6.42 Å². The number of hydrogen-bond acceptors (Lipinski definition) is 3. The van der Waals surface area contributed by atoms with Crippen LogP contribution in [0.25, 0.3) is 0 Å². The Morgan fingerprint density at radius 1 is 0.938 bits per heavy atom. The van der Waals surface area contributed by atoms with E-state index in [0.717, 1.165) is 32.4 Å². The maximum absolute atomic E-state index is 12.9. The Labute approximate surface area is 196 Å². The molecule has 164 valence electrons. The van der Waals surface area contributed by atoms with Gasteiger partial charge in [0.15, 0.2) is 0 Å². The molecule has 0 saturated carbocycles. The fourth-order valence-electron chi connectivity index (χ4n) is 3.75. The van der Waals surface area contributed by atoms with Gasteiger partial charge in [0.2, 0.25) is 0 Å². The topological polar surface area (TPSA) is 58.6 Å². The van der Waals surface area contributed by atoms with Gasteiger partial charge >= 0.3 is 0 Å². The molecule has 3 aromatic rings. The predicted octanol–water partition coefficient (Wildman–Crippen LogP) is 5.56. The number of amides is 2. The van der Waals surface area contributed by atoms with Gasteiger partial charge in [-0.05, 0) is 64.7 Å². The van der Waals surface area contributed by atoms with Gasteiger partial charge in [0, 0.05) is 25.1 Å². The molecule has 32 heavy (non-hydrogen) atoms. The first-order valence-corrected chi connectivity index (χ1v) is 11.6. The van der Waals surface area contributed by atoms with Gasteiger partial charge in [-0.1, -0.05) is 42.5 Å². The first-order valence-electron chi connectivity index (χ1n) is 10.8. The molecule has 5 nitrogen and oxygen atoms in total. The van der Waals surface area contributed by atoms with Crippen molar-refractivity contribution < 1.29 is 14.3 Å². The molecule has 3 aromatic carbocycles. The van der Waals surface area contributed by atoms with Crippen molar-refractivity contribution in [3.63, 3.8) is 0 Å². The van der Waals surface area contributed by atoms with Gasteiger partial charge in [-0.25, -0.2) is 0 Å². The molecule has 0 atom stereocenters. The number of hydrogen-bond donors (Lipinski definition) is 1. The molecule has 1 N–H and O–H groups in total. The number of para-hydroxylation sites is 1. The van der Waals surface area contributed by atoms with Crippen LogP contribution in [0.3, 0.4) is 0 Å². The van der Waals surface area contributed by atoms with E-state index in [4.69, 9.17) is 4.74 Å². The summed E-state index contributed by atoms with van der Waals surface area (Å²) >= 11 is 3.50. The summed E-state index contributed by atoms with van der Waals surface area (Å²) in [6.45, 7) is 2.07. The van der Waals surface area contributed by atoms with Crippen LogP contribution in [0.4, 0.5) is 5.69 Å². The molecule has 4 rings (SSSR count). The van der Waals surface area contributed by atoms with Gasteiger partial charge in [0.05, 0.1) is 22.3 Å². The predicted molar refractivity (Wildman–Crippen MR) is 129 cm³/mol. The van der Waals surface area contributed by atoms with Crippen molar-refractivity contribution in [1.29, 1.82) is 0 Å². The molecule has 0 spiro atoms. The SMILES string of the molecule is O=C(Nc1ccccc1C(=O)N1CCCC1)c1ccc(OCCc2ccccc2)c(Br)c1. The summed E-state index contributed by atoms with van der Waals surface area (Å²) < 4.78 is 6.58. The third-order valence-corrected chi connectivity index (χ3v) is 6.10. The number of nitrogens with one attached hydrogen (secondary N) is 1. The molecular formula is C26H25BrN2O3. The summed E-state index contributed by atoms with van der Waals surface area (Å²) in [5.41, 5.74) is 2.73. The van der Waals surface area contributed by atoms with Crippen molar-refractivity contribution in [1.82, 2.24) is 4.90 Å². The van der Waals surface area contributed by atoms with E-state index in [2.05, 4.69) is 33.4 Å². The fraction of sp³-hybridized carbons (Fsp3) is 0.231. The van der Waals surface area contributed by atoms with Crippen LogP contribution < -0.4 is 10.1 Å². The van der Waals surface area contributed by atoms with Crippen LogP contribution in [0.5, 0.6) is 5.75 Å². The van der Waals surface area contributed by atoms with E-state index in [-0.39, 0.29) is 11.8 Å². The molecule has 0 bridgehead atoms. The number of halogens is 1. The Bertz CT molecular complexity index is 1100. The molecular weight excluding hydrogens is 468 g/mol. The van der Waals surface area contributed by atoms with Crippen molar-refractivity contribution >= 4 is 33.4 Å². The quantitative estimate of drug-likeness (QED) is 0.469. The Hall–Kier alpha value is -3.12. The fourth-order valence-corrected chi connectivity index (χ4v) is 4.24. The van der Waals surface area contributed by atoms with Crippen molar-refractivity contribution in [3.05, 3.63) is 94.0 Å².